The standard InChI is InChI=1S/C35H35F3IN7O4/c1-18-11-24(22-8-10-29-40-21(4)43-45(29)14-22)13-25-26(20(3)47)15-44(31(18)25)16-30(48)46-27(12-19(2)32(46)39-5)34(49)42-33-23(17-50-6)7-9-28(41-33)35(36,37)38/h7-11,13-15,19,27,32H,5,12,16-17H2,1-4,6H3,(H,41,42,49)/t19-,27-,32-/m0/s1. The van der Waals surface area contributed by atoms with E-state index in [-0.39, 0.29) is 46.2 Å². The number of nitrogens with one attached hydrogen (secondary N) is 1. The minimum absolute atomic E-state index is 0.0718. The molecule has 0 radical (unpaired) electrons. The maximum atomic E-state index is 14.2. The maximum absolute atomic E-state index is 14.2. The van der Waals surface area contributed by atoms with Crippen LogP contribution >= 0.6 is 20.7 Å². The van der Waals surface area contributed by atoms with Crippen molar-refractivity contribution >= 4 is 65.2 Å². The zero-order valence-electron chi connectivity index (χ0n) is 28.0. The lowest BCUT2D eigenvalue weighted by Gasteiger charge is -2.29. The number of nitrogens with zero attached hydrogens (tertiary/aromatic N) is 6. The van der Waals surface area contributed by atoms with Gasteiger partial charge in [0.15, 0.2) is 11.4 Å². The molecule has 5 heterocycles. The van der Waals surface area contributed by atoms with Crippen molar-refractivity contribution in [3.63, 3.8) is 0 Å². The number of anilines is 1. The first-order valence-electron chi connectivity index (χ1n) is 15.7. The van der Waals surface area contributed by atoms with Gasteiger partial charge in [-0.15, -0.1) is 20.7 Å². The number of amides is 2. The van der Waals surface area contributed by atoms with Gasteiger partial charge in [-0.2, -0.15) is 18.3 Å². The molecule has 3 atom stereocenters. The molecule has 1 aliphatic heterocycles. The zero-order chi connectivity index (χ0) is 36.1. The van der Waals surface area contributed by atoms with Crippen LogP contribution in [0.4, 0.5) is 19.0 Å². The van der Waals surface area contributed by atoms with Crippen molar-refractivity contribution in [2.75, 3.05) is 12.4 Å². The van der Waals surface area contributed by atoms with E-state index in [9.17, 15) is 27.6 Å². The van der Waals surface area contributed by atoms with Gasteiger partial charge in [0, 0.05) is 41.6 Å². The van der Waals surface area contributed by atoms with Crippen LogP contribution in [0.5, 0.6) is 0 Å². The summed E-state index contributed by atoms with van der Waals surface area (Å²) < 4.78 is 52.9. The SMILES string of the molecule is C=I[C@@H]1[C@@H](C)C[C@@H](C(=O)Nc2nc(C(F)(F)F)ccc2COC)N1C(=O)Cn1cc(C(C)=O)c2cc(-c3ccc4nc(C)nn4c3)cc(C)c21. The molecule has 0 spiro atoms. The molecular weight excluding hydrogens is 766 g/mol. The molecule has 5 aromatic rings. The summed E-state index contributed by atoms with van der Waals surface area (Å²) >= 11 is -0.807. The van der Waals surface area contributed by atoms with E-state index in [1.165, 1.54) is 25.0 Å². The van der Waals surface area contributed by atoms with Crippen LogP contribution in [0.15, 0.2) is 48.8 Å². The molecule has 6 rings (SSSR count). The van der Waals surface area contributed by atoms with E-state index in [0.29, 0.717) is 34.4 Å². The van der Waals surface area contributed by atoms with Crippen LogP contribution in [0.3, 0.4) is 0 Å². The maximum Gasteiger partial charge on any atom is 0.433 e. The van der Waals surface area contributed by atoms with Gasteiger partial charge in [-0.3, -0.25) is 14.4 Å². The number of methoxy groups -OCH3 is 1. The molecule has 2 amide bonds. The summed E-state index contributed by atoms with van der Waals surface area (Å²) in [6.45, 7) is 6.89. The highest BCUT2D eigenvalue weighted by atomic mass is 127. The van der Waals surface area contributed by atoms with Gasteiger partial charge in [-0.25, -0.2) is 14.5 Å². The Kier molecular flexibility index (Phi) is 9.65. The summed E-state index contributed by atoms with van der Waals surface area (Å²) in [5.74, 6) is -0.873. The normalized spacial score (nSPS) is 17.9. The number of ether oxygens (including phenoxy) is 1. The van der Waals surface area contributed by atoms with Crippen LogP contribution in [0.25, 0.3) is 27.7 Å². The van der Waals surface area contributed by atoms with Crippen molar-refractivity contribution in [2.45, 2.75) is 63.5 Å². The second-order valence-electron chi connectivity index (χ2n) is 12.5. The smallest absolute Gasteiger partial charge is 0.380 e. The number of carbonyl (C=O) groups is 3. The third-order valence-corrected chi connectivity index (χ3v) is 11.6. The number of likely N-dealkylation sites (tertiary alicyclic amines) is 1. The van der Waals surface area contributed by atoms with Gasteiger partial charge < -0.3 is 19.5 Å². The molecule has 1 saturated heterocycles. The van der Waals surface area contributed by atoms with Crippen LogP contribution in [-0.2, 0) is 33.7 Å². The average molecular weight is 802 g/mol. The molecule has 1 aromatic carbocycles. The number of aromatic nitrogens is 5. The predicted molar refractivity (Wildman–Crippen MR) is 191 cm³/mol. The third kappa shape index (κ3) is 6.67. The lowest BCUT2D eigenvalue weighted by molar-refractivity contribution is -0.141. The highest BCUT2D eigenvalue weighted by Crippen LogP contribution is 2.38. The Hall–Kier alpha value is -4.51. The molecule has 0 saturated carbocycles. The van der Waals surface area contributed by atoms with Gasteiger partial charge in [0.1, 0.15) is 29.9 Å². The van der Waals surface area contributed by atoms with Crippen LogP contribution in [-0.4, -0.2) is 68.4 Å². The van der Waals surface area contributed by atoms with Crippen LogP contribution in [0.2, 0.25) is 0 Å². The molecule has 262 valence electrons. The van der Waals surface area contributed by atoms with Gasteiger partial charge in [0.25, 0.3) is 0 Å². The van der Waals surface area contributed by atoms with Crippen molar-refractivity contribution in [2.24, 2.45) is 5.92 Å². The Labute approximate surface area is 295 Å². The van der Waals surface area contributed by atoms with Crippen molar-refractivity contribution < 1.29 is 32.3 Å². The molecule has 15 heteroatoms. The van der Waals surface area contributed by atoms with Crippen LogP contribution < -0.4 is 5.32 Å². The van der Waals surface area contributed by atoms with E-state index in [4.69, 9.17) is 4.74 Å². The Morgan fingerprint density at radius 1 is 1.08 bits per heavy atom. The minimum atomic E-state index is -4.72. The van der Waals surface area contributed by atoms with Gasteiger partial charge in [0.2, 0.25) is 11.8 Å². The number of hydrogen-bond donors (Lipinski definition) is 1. The van der Waals surface area contributed by atoms with Crippen LogP contribution in [0, 0.1) is 19.8 Å². The largest absolute Gasteiger partial charge is 0.433 e. The summed E-state index contributed by atoms with van der Waals surface area (Å²) in [6, 6.07) is 8.79. The molecule has 0 unspecified atom stereocenters. The fraction of sp³-hybridized carbons (Fsp3) is 0.343. The lowest BCUT2D eigenvalue weighted by atomic mass is 9.99. The first kappa shape index (κ1) is 35.3. The Morgan fingerprint density at radius 3 is 2.52 bits per heavy atom. The first-order chi connectivity index (χ1) is 23.7. The minimum Gasteiger partial charge on any atom is -0.380 e. The van der Waals surface area contributed by atoms with Crippen LogP contribution in [0.1, 0.15) is 53.3 Å². The number of rotatable bonds is 9. The summed E-state index contributed by atoms with van der Waals surface area (Å²) in [5, 5.41) is 7.65. The average Bonchev–Trinajstić information content (AvgIpc) is 3.72. The van der Waals surface area contributed by atoms with Gasteiger partial charge in [0.05, 0.1) is 16.2 Å². The summed E-state index contributed by atoms with van der Waals surface area (Å²) in [7, 11) is 1.38. The van der Waals surface area contributed by atoms with Gasteiger partial charge in [-0.1, -0.05) is 17.5 Å². The molecule has 0 bridgehead atoms. The second-order valence-corrected chi connectivity index (χ2v) is 14.6. The highest BCUT2D eigenvalue weighted by Gasteiger charge is 2.45. The van der Waals surface area contributed by atoms with E-state index < -0.39 is 44.6 Å². The van der Waals surface area contributed by atoms with E-state index in [1.807, 2.05) is 51.2 Å². The fourth-order valence-corrected chi connectivity index (χ4v) is 8.93. The molecule has 1 N–H and O–H groups in total. The number of benzene rings is 1. The number of halogens is 4. The number of pyridine rings is 2. The molecule has 0 aliphatic carbocycles. The number of Topliss-reactive ketones (excluding diaryl/α,β-unsaturated/α-hetero) is 1. The van der Waals surface area contributed by atoms with Crippen molar-refractivity contribution in [1.29, 1.82) is 0 Å². The van der Waals surface area contributed by atoms with E-state index in [2.05, 4.69) is 24.9 Å². The highest BCUT2D eigenvalue weighted by molar-refractivity contribution is 14.2. The third-order valence-electron chi connectivity index (χ3n) is 8.84. The molecule has 50 heavy (non-hydrogen) atoms. The van der Waals surface area contributed by atoms with Crippen molar-refractivity contribution in [3.05, 3.63) is 77.0 Å². The van der Waals surface area contributed by atoms with E-state index in [1.54, 1.807) is 15.3 Å². The molecule has 11 nitrogen and oxygen atoms in total. The lowest BCUT2D eigenvalue weighted by Crippen LogP contribution is -2.47. The Balaban J connectivity index is 1.33. The summed E-state index contributed by atoms with van der Waals surface area (Å²) in [4.78, 5) is 50.5. The number of fused-ring (bicyclic) bond motifs is 2. The quantitative estimate of drug-likeness (QED) is 0.0800. The second kappa shape index (κ2) is 13.7. The Morgan fingerprint density at radius 2 is 1.84 bits per heavy atom. The molecule has 4 aromatic heterocycles. The molecule has 1 aliphatic rings. The number of ketones is 1. The van der Waals surface area contributed by atoms with E-state index >= 15 is 0 Å². The number of alkyl halides is 4. The molecular formula is C35H35F3IN7O4. The molecule has 1 fully saturated rings. The first-order valence-corrected chi connectivity index (χ1v) is 18.5. The van der Waals surface area contributed by atoms with Crippen molar-refractivity contribution in [1.82, 2.24) is 29.0 Å². The van der Waals surface area contributed by atoms with Crippen molar-refractivity contribution in [3.8, 4) is 11.1 Å². The summed E-state index contributed by atoms with van der Waals surface area (Å²) in [5.41, 5.74) is 3.54. The monoisotopic (exact) mass is 801 g/mol. The van der Waals surface area contributed by atoms with Gasteiger partial charge >= 0.3 is 6.18 Å². The Bertz CT molecular complexity index is 2180. The number of aryl methyl sites for hydroxylation is 2. The number of hydrogen-bond acceptors (Lipinski definition) is 7. The predicted octanol–water partition coefficient (Wildman–Crippen LogP) is 6.34. The zero-order valence-corrected chi connectivity index (χ0v) is 30.2. The summed E-state index contributed by atoms with van der Waals surface area (Å²) in [6.07, 6.45) is -0.879. The number of carbonyl (C=O) groups excluding carboxylic acids is 3. The van der Waals surface area contributed by atoms with E-state index in [0.717, 1.165) is 22.8 Å². The topological polar surface area (TPSA) is 124 Å². The fourth-order valence-electron chi connectivity index (χ4n) is 6.64. The van der Waals surface area contributed by atoms with Gasteiger partial charge in [-0.05, 0) is 74.6 Å².